The molecule has 0 unspecified atom stereocenters. The van der Waals surface area contributed by atoms with E-state index in [0.29, 0.717) is 22.6 Å². The average molecular weight is 567 g/mol. The lowest BCUT2D eigenvalue weighted by molar-refractivity contribution is 0.414. The Hall–Kier alpha value is -5.90. The van der Waals surface area contributed by atoms with Gasteiger partial charge in [-0.05, 0) is 48.5 Å². The van der Waals surface area contributed by atoms with Crippen LogP contribution in [0.15, 0.2) is 91.2 Å². The summed E-state index contributed by atoms with van der Waals surface area (Å²) in [6.07, 6.45) is 0. The van der Waals surface area contributed by atoms with Gasteiger partial charge >= 0.3 is 0 Å². The summed E-state index contributed by atoms with van der Waals surface area (Å²) in [5.74, 6) is -0.911. The SMILES string of the molecule is COc1ccc(-c2oc3cc(O)cc(O)c3c(=O)c2-c2c(-c3ccc(OC)cc3)oc3cc(O)cc(O)c3c2=O)cc1. The predicted octanol–water partition coefficient (Wildman–Crippen LogP) is 5.74. The van der Waals surface area contributed by atoms with Crippen LogP contribution >= 0.6 is 0 Å². The van der Waals surface area contributed by atoms with E-state index in [4.69, 9.17) is 18.3 Å². The molecule has 0 saturated carbocycles. The Balaban J connectivity index is 1.82. The highest BCUT2D eigenvalue weighted by Crippen LogP contribution is 2.41. The summed E-state index contributed by atoms with van der Waals surface area (Å²) in [7, 11) is 2.99. The van der Waals surface area contributed by atoms with Crippen LogP contribution in [0.2, 0.25) is 0 Å². The molecule has 0 aliphatic heterocycles. The third kappa shape index (κ3) is 4.22. The van der Waals surface area contributed by atoms with Crippen molar-refractivity contribution < 1.29 is 38.7 Å². The molecule has 0 bridgehead atoms. The Morgan fingerprint density at radius 2 is 0.905 bits per heavy atom. The Labute approximate surface area is 236 Å². The summed E-state index contributed by atoms with van der Waals surface area (Å²) < 4.78 is 22.8. The lowest BCUT2D eigenvalue weighted by Crippen LogP contribution is -2.16. The standard InChI is InChI=1S/C32H22O10/c1-39-19-7-3-15(4-8-19)31-27(29(37)25-21(35)11-17(33)13-23(25)41-31)28-30(38)26-22(36)12-18(34)14-24(26)42-32(28)16-5-9-20(40-2)10-6-16/h3-14,33-36H,1-2H3. The van der Waals surface area contributed by atoms with Crippen LogP contribution in [0.4, 0.5) is 0 Å². The van der Waals surface area contributed by atoms with E-state index in [-0.39, 0.29) is 56.1 Å². The summed E-state index contributed by atoms with van der Waals surface area (Å²) in [6, 6.07) is 17.3. The molecule has 4 N–H and O–H groups in total. The van der Waals surface area contributed by atoms with E-state index >= 15 is 0 Å². The Morgan fingerprint density at radius 1 is 0.548 bits per heavy atom. The van der Waals surface area contributed by atoms with Crippen molar-refractivity contribution in [2.24, 2.45) is 0 Å². The van der Waals surface area contributed by atoms with E-state index in [2.05, 4.69) is 0 Å². The highest BCUT2D eigenvalue weighted by atomic mass is 16.5. The van der Waals surface area contributed by atoms with E-state index in [1.807, 2.05) is 0 Å². The van der Waals surface area contributed by atoms with Crippen molar-refractivity contribution in [3.8, 4) is 68.3 Å². The Bertz CT molecular complexity index is 1970. The zero-order valence-electron chi connectivity index (χ0n) is 22.2. The van der Waals surface area contributed by atoms with Gasteiger partial charge in [0.25, 0.3) is 0 Å². The second-order valence-corrected chi connectivity index (χ2v) is 9.40. The molecule has 10 heteroatoms. The fourth-order valence-corrected chi connectivity index (χ4v) is 4.91. The van der Waals surface area contributed by atoms with E-state index in [0.717, 1.165) is 12.1 Å². The third-order valence-corrected chi connectivity index (χ3v) is 6.87. The van der Waals surface area contributed by atoms with Gasteiger partial charge in [0.15, 0.2) is 0 Å². The minimum absolute atomic E-state index is 0.0696. The number of fused-ring (bicyclic) bond motifs is 2. The van der Waals surface area contributed by atoms with Crippen molar-refractivity contribution in [2.45, 2.75) is 0 Å². The first-order chi connectivity index (χ1) is 20.2. The van der Waals surface area contributed by atoms with Gasteiger partial charge in [0.05, 0.1) is 25.3 Å². The maximum Gasteiger partial charge on any atom is 0.205 e. The number of phenols is 4. The monoisotopic (exact) mass is 566 g/mol. The fourth-order valence-electron chi connectivity index (χ4n) is 4.91. The molecule has 0 aliphatic carbocycles. The summed E-state index contributed by atoms with van der Waals surface area (Å²) in [6.45, 7) is 0. The van der Waals surface area contributed by atoms with Crippen molar-refractivity contribution in [3.05, 3.63) is 93.2 Å². The van der Waals surface area contributed by atoms with Crippen molar-refractivity contribution >= 4 is 21.9 Å². The van der Waals surface area contributed by atoms with Gasteiger partial charge in [0.2, 0.25) is 10.9 Å². The van der Waals surface area contributed by atoms with Crippen LogP contribution in [0.1, 0.15) is 0 Å². The summed E-state index contributed by atoms with van der Waals surface area (Å²) in [5.41, 5.74) is -1.64. The molecule has 0 radical (unpaired) electrons. The lowest BCUT2D eigenvalue weighted by atomic mass is 9.93. The molecule has 2 aromatic heterocycles. The number of hydrogen-bond acceptors (Lipinski definition) is 10. The zero-order chi connectivity index (χ0) is 29.7. The molecule has 6 aromatic rings. The van der Waals surface area contributed by atoms with Crippen molar-refractivity contribution in [1.29, 1.82) is 0 Å². The predicted molar refractivity (Wildman–Crippen MR) is 155 cm³/mol. The molecule has 210 valence electrons. The van der Waals surface area contributed by atoms with Gasteiger partial charge in [-0.1, -0.05) is 0 Å². The van der Waals surface area contributed by atoms with Crippen molar-refractivity contribution in [3.63, 3.8) is 0 Å². The van der Waals surface area contributed by atoms with Crippen LogP contribution in [0.5, 0.6) is 34.5 Å². The molecule has 6 rings (SSSR count). The zero-order valence-corrected chi connectivity index (χ0v) is 22.2. The molecular weight excluding hydrogens is 544 g/mol. The molecule has 4 aromatic carbocycles. The second kappa shape index (κ2) is 9.93. The second-order valence-electron chi connectivity index (χ2n) is 9.40. The molecule has 0 saturated heterocycles. The number of methoxy groups -OCH3 is 2. The number of ether oxygens (including phenoxy) is 2. The van der Waals surface area contributed by atoms with Gasteiger partial charge in [-0.15, -0.1) is 0 Å². The van der Waals surface area contributed by atoms with Crippen LogP contribution in [-0.2, 0) is 0 Å². The van der Waals surface area contributed by atoms with E-state index in [1.165, 1.54) is 26.4 Å². The first-order valence-corrected chi connectivity index (χ1v) is 12.5. The molecule has 0 fully saturated rings. The molecule has 42 heavy (non-hydrogen) atoms. The fraction of sp³-hybridized carbons (Fsp3) is 0.0625. The maximum absolute atomic E-state index is 14.3. The summed E-state index contributed by atoms with van der Waals surface area (Å²) in [5, 5.41) is 41.0. The van der Waals surface area contributed by atoms with Gasteiger partial charge in [-0.2, -0.15) is 0 Å². The van der Waals surface area contributed by atoms with E-state index in [1.54, 1.807) is 48.5 Å². The normalized spacial score (nSPS) is 11.2. The van der Waals surface area contributed by atoms with Gasteiger partial charge < -0.3 is 38.7 Å². The largest absolute Gasteiger partial charge is 0.508 e. The average Bonchev–Trinajstić information content (AvgIpc) is 2.96. The maximum atomic E-state index is 14.3. The summed E-state index contributed by atoms with van der Waals surface area (Å²) in [4.78, 5) is 28.5. The van der Waals surface area contributed by atoms with Crippen LogP contribution in [0.3, 0.4) is 0 Å². The van der Waals surface area contributed by atoms with E-state index in [9.17, 15) is 30.0 Å². The van der Waals surface area contributed by atoms with Gasteiger partial charge in [-0.3, -0.25) is 9.59 Å². The number of benzene rings is 4. The minimum atomic E-state index is -0.792. The highest BCUT2D eigenvalue weighted by Gasteiger charge is 2.29. The number of rotatable bonds is 5. The van der Waals surface area contributed by atoms with Crippen molar-refractivity contribution in [1.82, 2.24) is 0 Å². The Morgan fingerprint density at radius 3 is 1.24 bits per heavy atom. The molecule has 10 nitrogen and oxygen atoms in total. The third-order valence-electron chi connectivity index (χ3n) is 6.87. The number of hydrogen-bond donors (Lipinski definition) is 4. The molecule has 0 amide bonds. The summed E-state index contributed by atoms with van der Waals surface area (Å²) >= 11 is 0. The quantitative estimate of drug-likeness (QED) is 0.203. The highest BCUT2D eigenvalue weighted by molar-refractivity contribution is 5.99. The van der Waals surface area contributed by atoms with E-state index < -0.39 is 22.4 Å². The Kier molecular flexibility index (Phi) is 6.23. The molecule has 0 atom stereocenters. The molecule has 0 spiro atoms. The van der Waals surface area contributed by atoms with Crippen LogP contribution in [-0.4, -0.2) is 34.6 Å². The van der Waals surface area contributed by atoms with Crippen molar-refractivity contribution in [2.75, 3.05) is 14.2 Å². The molecule has 2 heterocycles. The van der Waals surface area contributed by atoms with Crippen LogP contribution in [0.25, 0.3) is 55.7 Å². The smallest absolute Gasteiger partial charge is 0.205 e. The lowest BCUT2D eigenvalue weighted by Gasteiger charge is -2.15. The molecular formula is C32H22O10. The van der Waals surface area contributed by atoms with Gasteiger partial charge in [0.1, 0.15) is 68.0 Å². The van der Waals surface area contributed by atoms with Gasteiger partial charge in [0, 0.05) is 35.4 Å². The first kappa shape index (κ1) is 26.3. The number of aromatic hydroxyl groups is 4. The number of phenolic OH excluding ortho intramolecular Hbond substituents is 4. The van der Waals surface area contributed by atoms with Crippen LogP contribution < -0.4 is 20.3 Å². The molecule has 0 aliphatic rings. The van der Waals surface area contributed by atoms with Crippen LogP contribution in [0, 0.1) is 0 Å². The minimum Gasteiger partial charge on any atom is -0.508 e. The van der Waals surface area contributed by atoms with Gasteiger partial charge in [-0.25, -0.2) is 0 Å². The first-order valence-electron chi connectivity index (χ1n) is 12.5. The topological polar surface area (TPSA) is 160 Å².